The van der Waals surface area contributed by atoms with E-state index in [4.69, 9.17) is 23.7 Å². The molecule has 6 rings (SSSR count). The predicted octanol–water partition coefficient (Wildman–Crippen LogP) is 8.17. The van der Waals surface area contributed by atoms with Crippen molar-refractivity contribution in [3.63, 3.8) is 0 Å². The number of nitrogens with zero attached hydrogens (tertiary/aromatic N) is 4. The van der Waals surface area contributed by atoms with Crippen LogP contribution in [0.25, 0.3) is 0 Å². The second kappa shape index (κ2) is 26.7. The van der Waals surface area contributed by atoms with Crippen LogP contribution in [-0.2, 0) is 36.8 Å². The molecule has 4 aliphatic heterocycles. The number of Topliss-reactive ketones (excluding diaryl/α,β-unsaturated/α-hetero) is 1. The van der Waals surface area contributed by atoms with Crippen LogP contribution in [0.4, 0.5) is 0 Å². The van der Waals surface area contributed by atoms with E-state index in [2.05, 4.69) is 60.2 Å². The maximum absolute atomic E-state index is 15.5. The van der Waals surface area contributed by atoms with Crippen LogP contribution in [0.3, 0.4) is 0 Å². The van der Waals surface area contributed by atoms with Crippen molar-refractivity contribution in [2.24, 2.45) is 47.3 Å². The minimum Gasteiger partial charge on any atom is -0.493 e. The Morgan fingerprint density at radius 1 is 0.773 bits per heavy atom. The summed E-state index contributed by atoms with van der Waals surface area (Å²) in [5.74, 6) is 1.49. The van der Waals surface area contributed by atoms with Crippen molar-refractivity contribution in [2.75, 3.05) is 82.4 Å². The molecular formula is C60H95N5O10. The SMILES string of the molecule is CC[C@H]1CN2CCc3cc(OC)c(OC)cc3C2C[C@@H]1C[C@@H]1c2cc(OC)c(OC)cc2CCN1C(=O)[C@H](C)[C@@H](OC)C1CCCN1C(=O)C[C@@H](CO)[C@H]([C@@H](C)CC)N(C)C(=O)[C@@H](CC(=O)[C@@H](NC)C(C)C)C(C)C. The van der Waals surface area contributed by atoms with Crippen LogP contribution >= 0.6 is 0 Å². The second-order valence-corrected chi connectivity index (χ2v) is 23.1. The van der Waals surface area contributed by atoms with Gasteiger partial charge in [0.15, 0.2) is 28.8 Å². The molecule has 15 heteroatoms. The van der Waals surface area contributed by atoms with Crippen molar-refractivity contribution in [3.8, 4) is 23.0 Å². The first-order valence-electron chi connectivity index (χ1n) is 28.3. The van der Waals surface area contributed by atoms with Crippen molar-refractivity contribution in [2.45, 2.75) is 156 Å². The van der Waals surface area contributed by atoms with Crippen LogP contribution in [0.15, 0.2) is 24.3 Å². The van der Waals surface area contributed by atoms with Gasteiger partial charge in [0.1, 0.15) is 0 Å². The zero-order valence-electron chi connectivity index (χ0n) is 48.4. The molecular weight excluding hydrogens is 951 g/mol. The molecule has 0 spiro atoms. The highest BCUT2D eigenvalue weighted by Gasteiger charge is 2.47. The fourth-order valence-corrected chi connectivity index (χ4v) is 13.9. The number of fused-ring (bicyclic) bond motifs is 4. The van der Waals surface area contributed by atoms with Gasteiger partial charge in [-0.3, -0.25) is 24.1 Å². The van der Waals surface area contributed by atoms with Crippen LogP contribution in [0.5, 0.6) is 23.0 Å². The van der Waals surface area contributed by atoms with Gasteiger partial charge < -0.3 is 48.8 Å². The Bertz CT molecular complexity index is 2260. The van der Waals surface area contributed by atoms with Crippen molar-refractivity contribution in [1.82, 2.24) is 24.9 Å². The average molecular weight is 1050 g/mol. The number of likely N-dealkylation sites (N-methyl/N-ethyl adjacent to an activating group) is 1. The van der Waals surface area contributed by atoms with E-state index < -0.39 is 29.9 Å². The van der Waals surface area contributed by atoms with E-state index in [0.29, 0.717) is 49.3 Å². The van der Waals surface area contributed by atoms with Gasteiger partial charge in [-0.15, -0.1) is 0 Å². The summed E-state index contributed by atoms with van der Waals surface area (Å²) in [4.78, 5) is 66.7. The summed E-state index contributed by atoms with van der Waals surface area (Å²) >= 11 is 0. The van der Waals surface area contributed by atoms with Crippen molar-refractivity contribution in [1.29, 1.82) is 0 Å². The topological polar surface area (TPSA) is 160 Å². The highest BCUT2D eigenvalue weighted by atomic mass is 16.5. The van der Waals surface area contributed by atoms with E-state index in [0.717, 1.165) is 74.2 Å². The summed E-state index contributed by atoms with van der Waals surface area (Å²) in [6.45, 7) is 19.0. The number of amides is 3. The molecule has 2 fully saturated rings. The number of aliphatic hydroxyl groups excluding tert-OH is 1. The fourth-order valence-electron chi connectivity index (χ4n) is 13.9. The summed E-state index contributed by atoms with van der Waals surface area (Å²) in [6, 6.07) is 7.29. The number of benzene rings is 2. The molecule has 2 saturated heterocycles. The van der Waals surface area contributed by atoms with Gasteiger partial charge in [0.25, 0.3) is 0 Å². The third kappa shape index (κ3) is 12.8. The number of methoxy groups -OCH3 is 5. The van der Waals surface area contributed by atoms with E-state index in [9.17, 15) is 19.5 Å². The van der Waals surface area contributed by atoms with Gasteiger partial charge in [-0.2, -0.15) is 0 Å². The number of nitrogens with one attached hydrogen (secondary N) is 1. The molecule has 4 aliphatic rings. The Balaban J connectivity index is 1.26. The lowest BCUT2D eigenvalue weighted by atomic mass is 9.72. The molecule has 2 unspecified atom stereocenters. The Morgan fingerprint density at radius 2 is 1.37 bits per heavy atom. The van der Waals surface area contributed by atoms with Crippen molar-refractivity contribution in [3.05, 3.63) is 46.5 Å². The summed E-state index contributed by atoms with van der Waals surface area (Å²) in [5, 5.41) is 14.3. The van der Waals surface area contributed by atoms with E-state index in [-0.39, 0.29) is 84.9 Å². The van der Waals surface area contributed by atoms with Crippen LogP contribution < -0.4 is 24.3 Å². The number of hydrogen-bond acceptors (Lipinski definition) is 12. The van der Waals surface area contributed by atoms with Gasteiger partial charge in [0.05, 0.1) is 58.6 Å². The minimum absolute atomic E-state index is 0.00378. The first-order valence-corrected chi connectivity index (χ1v) is 28.3. The smallest absolute Gasteiger partial charge is 0.228 e. The van der Waals surface area contributed by atoms with Crippen LogP contribution in [0.1, 0.15) is 141 Å². The third-order valence-electron chi connectivity index (χ3n) is 18.3. The Labute approximate surface area is 450 Å². The zero-order chi connectivity index (χ0) is 55.0. The van der Waals surface area contributed by atoms with Gasteiger partial charge in [0, 0.05) is 83.7 Å². The summed E-state index contributed by atoms with van der Waals surface area (Å²) in [5.41, 5.74) is 4.83. The molecule has 0 radical (unpaired) electrons. The molecule has 0 aromatic heterocycles. The molecule has 420 valence electrons. The fraction of sp³-hybridized carbons (Fsp3) is 0.733. The largest absolute Gasteiger partial charge is 0.493 e. The maximum atomic E-state index is 15.5. The standard InChI is InChI=1S/C60H95N5O10/c1-16-37(7)57(62(10)60(70)44(35(3)4)30-50(67)56(61-9)36(5)6)43(34-66)29-55(68)64-22-18-19-47(64)58(75-15)38(8)59(69)65-24-21-41-28-52(72-12)54(74-14)32-46(41)49(65)26-42-25-48-45-31-53(73-13)51(71-11)27-40(45)20-23-63(48)33-39(42)17-2/h27-28,31-32,35-39,42-44,47-49,56-58,61,66H,16-26,29-30,33-34H2,1-15H3/t37-,38+,39-,42+,43-,44-,47?,48?,49+,56-,57-,58+/m0/s1. The number of hydrogen-bond donors (Lipinski definition) is 2. The average Bonchev–Trinajstić information content (AvgIpc) is 3.90. The quantitative estimate of drug-likeness (QED) is 0.0984. The maximum Gasteiger partial charge on any atom is 0.228 e. The minimum atomic E-state index is -0.590. The first kappa shape index (κ1) is 59.8. The molecule has 2 aromatic carbocycles. The highest BCUT2D eigenvalue weighted by Crippen LogP contribution is 2.50. The van der Waals surface area contributed by atoms with Gasteiger partial charge in [0.2, 0.25) is 17.7 Å². The molecule has 4 heterocycles. The van der Waals surface area contributed by atoms with Crippen LogP contribution in [0, 0.1) is 47.3 Å². The first-order chi connectivity index (χ1) is 35.9. The Hall–Kier alpha value is -4.44. The number of ketones is 1. The number of likely N-dealkylation sites (tertiary alicyclic amines) is 1. The van der Waals surface area contributed by atoms with E-state index in [1.54, 1.807) is 54.5 Å². The van der Waals surface area contributed by atoms with Crippen molar-refractivity contribution < 1.29 is 48.0 Å². The van der Waals surface area contributed by atoms with Crippen molar-refractivity contribution >= 4 is 23.5 Å². The molecule has 0 bridgehead atoms. The number of ether oxygens (including phenoxy) is 5. The van der Waals surface area contributed by atoms with E-state index in [1.807, 2.05) is 39.5 Å². The predicted molar refractivity (Wildman–Crippen MR) is 293 cm³/mol. The van der Waals surface area contributed by atoms with Gasteiger partial charge in [-0.1, -0.05) is 68.2 Å². The van der Waals surface area contributed by atoms with E-state index >= 15 is 4.79 Å². The zero-order valence-corrected chi connectivity index (χ0v) is 48.4. The lowest BCUT2D eigenvalue weighted by molar-refractivity contribution is -0.149. The number of piperidine rings is 1. The van der Waals surface area contributed by atoms with Gasteiger partial charge in [-0.25, -0.2) is 0 Å². The number of aliphatic hydroxyl groups is 1. The third-order valence-corrected chi connectivity index (χ3v) is 18.3. The number of rotatable bonds is 25. The van der Waals surface area contributed by atoms with E-state index in [1.165, 1.54) is 11.1 Å². The molecule has 15 nitrogen and oxygen atoms in total. The molecule has 3 amide bonds. The second-order valence-electron chi connectivity index (χ2n) is 23.1. The summed E-state index contributed by atoms with van der Waals surface area (Å²) in [7, 11) is 11.9. The lowest BCUT2D eigenvalue weighted by Crippen LogP contribution is -2.54. The molecule has 0 saturated carbocycles. The van der Waals surface area contributed by atoms with Crippen LogP contribution in [0.2, 0.25) is 0 Å². The number of carbonyl (C=O) groups excluding carboxylic acids is 4. The monoisotopic (exact) mass is 1050 g/mol. The molecule has 2 aromatic rings. The summed E-state index contributed by atoms with van der Waals surface area (Å²) in [6.07, 6.45) is 6.05. The Morgan fingerprint density at radius 3 is 1.92 bits per heavy atom. The molecule has 75 heavy (non-hydrogen) atoms. The molecule has 2 N–H and O–H groups in total. The lowest BCUT2D eigenvalue weighted by Gasteiger charge is -2.49. The normalized spacial score (nSPS) is 23.5. The summed E-state index contributed by atoms with van der Waals surface area (Å²) < 4.78 is 29.6. The number of carbonyl (C=O) groups is 4. The molecule has 0 aliphatic carbocycles. The van der Waals surface area contributed by atoms with Gasteiger partial charge in [-0.05, 0) is 122 Å². The van der Waals surface area contributed by atoms with Crippen LogP contribution in [-0.4, -0.2) is 155 Å². The highest BCUT2D eigenvalue weighted by molar-refractivity contribution is 5.90. The van der Waals surface area contributed by atoms with Gasteiger partial charge >= 0.3 is 0 Å². The molecule has 12 atom stereocenters. The Kier molecular flexibility index (Phi) is 21.3.